The highest BCUT2D eigenvalue weighted by Crippen LogP contribution is 2.13. The number of carbonyl (C=O) groups excluding carboxylic acids is 2. The van der Waals surface area contributed by atoms with Gasteiger partial charge in [0.25, 0.3) is 5.91 Å². The highest BCUT2D eigenvalue weighted by atomic mass is 19.1. The van der Waals surface area contributed by atoms with Gasteiger partial charge in [-0.25, -0.2) is 9.18 Å². The van der Waals surface area contributed by atoms with E-state index >= 15 is 0 Å². The van der Waals surface area contributed by atoms with Gasteiger partial charge in [-0.3, -0.25) is 14.2 Å². The molecule has 0 aliphatic rings. The van der Waals surface area contributed by atoms with E-state index in [9.17, 15) is 18.8 Å². The standard InChI is InChI=1S/C19H17FN2O5/c1-12(18(24)21-14-6-4-5-13(20)11-14)26-17(23)9-10-22-15-7-2-3-8-16(15)27-19(22)25/h2-8,11-12H,9-10H2,1H3,(H,21,24)/t12-/m0/s1. The molecule has 3 aromatic rings. The van der Waals surface area contributed by atoms with E-state index in [0.717, 1.165) is 6.07 Å². The predicted molar refractivity (Wildman–Crippen MR) is 95.7 cm³/mol. The van der Waals surface area contributed by atoms with Crippen LogP contribution >= 0.6 is 0 Å². The monoisotopic (exact) mass is 372 g/mol. The average molecular weight is 372 g/mol. The maximum atomic E-state index is 13.1. The van der Waals surface area contributed by atoms with Gasteiger partial charge in [-0.15, -0.1) is 0 Å². The number of benzene rings is 2. The van der Waals surface area contributed by atoms with Crippen LogP contribution in [0.1, 0.15) is 13.3 Å². The Morgan fingerprint density at radius 2 is 2.00 bits per heavy atom. The Kier molecular flexibility index (Phi) is 5.35. The van der Waals surface area contributed by atoms with E-state index in [2.05, 4.69) is 5.32 Å². The third-order valence-electron chi connectivity index (χ3n) is 3.88. The van der Waals surface area contributed by atoms with Crippen molar-refractivity contribution in [1.29, 1.82) is 0 Å². The average Bonchev–Trinajstić information content (AvgIpc) is 2.95. The topological polar surface area (TPSA) is 90.5 Å². The fourth-order valence-electron chi connectivity index (χ4n) is 2.55. The lowest BCUT2D eigenvalue weighted by Gasteiger charge is -2.13. The van der Waals surface area contributed by atoms with E-state index in [-0.39, 0.29) is 18.7 Å². The number of aromatic nitrogens is 1. The molecular formula is C19H17FN2O5. The Morgan fingerprint density at radius 1 is 1.22 bits per heavy atom. The molecule has 0 unspecified atom stereocenters. The molecule has 1 N–H and O–H groups in total. The van der Waals surface area contributed by atoms with E-state index in [0.29, 0.717) is 11.1 Å². The number of hydrogen-bond donors (Lipinski definition) is 1. The molecule has 3 rings (SSSR count). The zero-order valence-electron chi connectivity index (χ0n) is 14.5. The first-order valence-corrected chi connectivity index (χ1v) is 8.28. The van der Waals surface area contributed by atoms with Gasteiger partial charge in [0, 0.05) is 12.2 Å². The molecule has 1 amide bonds. The largest absolute Gasteiger partial charge is 0.452 e. The molecule has 0 spiro atoms. The number of anilines is 1. The number of oxazole rings is 1. The molecule has 0 saturated heterocycles. The Morgan fingerprint density at radius 3 is 2.78 bits per heavy atom. The second-order valence-electron chi connectivity index (χ2n) is 5.87. The van der Waals surface area contributed by atoms with Gasteiger partial charge in [-0.05, 0) is 37.3 Å². The summed E-state index contributed by atoms with van der Waals surface area (Å²) in [5.74, 6) is -2.29. The van der Waals surface area contributed by atoms with Crippen molar-refractivity contribution < 1.29 is 23.1 Å². The lowest BCUT2D eigenvalue weighted by Crippen LogP contribution is -2.30. The van der Waals surface area contributed by atoms with E-state index in [1.54, 1.807) is 24.3 Å². The van der Waals surface area contributed by atoms with E-state index in [4.69, 9.17) is 9.15 Å². The minimum absolute atomic E-state index is 0.0624. The van der Waals surface area contributed by atoms with Gasteiger partial charge >= 0.3 is 11.7 Å². The first-order valence-electron chi connectivity index (χ1n) is 8.28. The van der Waals surface area contributed by atoms with Crippen molar-refractivity contribution in [2.45, 2.75) is 26.0 Å². The van der Waals surface area contributed by atoms with Crippen molar-refractivity contribution in [1.82, 2.24) is 4.57 Å². The highest BCUT2D eigenvalue weighted by molar-refractivity contribution is 5.95. The number of para-hydroxylation sites is 2. The zero-order valence-corrected chi connectivity index (χ0v) is 14.5. The van der Waals surface area contributed by atoms with E-state index in [1.807, 2.05) is 0 Å². The molecule has 27 heavy (non-hydrogen) atoms. The molecule has 0 fully saturated rings. The summed E-state index contributed by atoms with van der Waals surface area (Å²) in [6.45, 7) is 1.47. The maximum absolute atomic E-state index is 13.1. The number of rotatable bonds is 6. The molecule has 8 heteroatoms. The Bertz CT molecular complexity index is 1040. The first kappa shape index (κ1) is 18.4. The number of nitrogens with one attached hydrogen (secondary N) is 1. The first-order chi connectivity index (χ1) is 12.9. The normalized spacial score (nSPS) is 11.9. The smallest absolute Gasteiger partial charge is 0.419 e. The third kappa shape index (κ3) is 4.41. The van der Waals surface area contributed by atoms with Gasteiger partial charge in [0.2, 0.25) is 0 Å². The molecule has 140 valence electrons. The summed E-state index contributed by atoms with van der Waals surface area (Å²) in [5, 5.41) is 2.46. The molecule has 2 aromatic carbocycles. The van der Waals surface area contributed by atoms with Crippen LogP contribution in [0.4, 0.5) is 10.1 Å². The number of hydrogen-bond acceptors (Lipinski definition) is 5. The SMILES string of the molecule is C[C@H](OC(=O)CCn1c(=O)oc2ccccc21)C(=O)Nc1cccc(F)c1. The van der Waals surface area contributed by atoms with Crippen molar-refractivity contribution in [3.05, 3.63) is 64.9 Å². The maximum Gasteiger partial charge on any atom is 0.419 e. The van der Waals surface area contributed by atoms with Crippen LogP contribution in [-0.2, 0) is 20.9 Å². The van der Waals surface area contributed by atoms with Gasteiger partial charge in [0.15, 0.2) is 11.7 Å². The van der Waals surface area contributed by atoms with Gasteiger partial charge < -0.3 is 14.5 Å². The van der Waals surface area contributed by atoms with Crippen molar-refractivity contribution in [2.75, 3.05) is 5.32 Å². The molecule has 0 aliphatic heterocycles. The number of nitrogens with zero attached hydrogens (tertiary/aromatic N) is 1. The van der Waals surface area contributed by atoms with Crippen LogP contribution < -0.4 is 11.1 Å². The number of aryl methyl sites for hydroxylation is 1. The quantitative estimate of drug-likeness (QED) is 0.672. The summed E-state index contributed by atoms with van der Waals surface area (Å²) in [5.41, 5.74) is 1.27. The molecule has 0 saturated carbocycles. The number of esters is 1. The number of carbonyl (C=O) groups is 2. The molecule has 1 aromatic heterocycles. The summed E-state index contributed by atoms with van der Waals surface area (Å²) >= 11 is 0. The second-order valence-corrected chi connectivity index (χ2v) is 5.87. The minimum Gasteiger partial charge on any atom is -0.452 e. The zero-order chi connectivity index (χ0) is 19.4. The lowest BCUT2D eigenvalue weighted by molar-refractivity contribution is -0.153. The lowest BCUT2D eigenvalue weighted by atomic mass is 10.3. The molecule has 0 bridgehead atoms. The van der Waals surface area contributed by atoms with Crippen LogP contribution in [0.3, 0.4) is 0 Å². The Balaban J connectivity index is 1.56. The van der Waals surface area contributed by atoms with Gasteiger partial charge in [0.05, 0.1) is 11.9 Å². The number of halogens is 1. The van der Waals surface area contributed by atoms with Gasteiger partial charge in [-0.2, -0.15) is 0 Å². The number of amides is 1. The predicted octanol–water partition coefficient (Wildman–Crippen LogP) is 2.69. The molecule has 0 radical (unpaired) electrons. The number of fused-ring (bicyclic) bond motifs is 1. The van der Waals surface area contributed by atoms with Crippen LogP contribution in [0, 0.1) is 5.82 Å². The minimum atomic E-state index is -1.07. The second kappa shape index (κ2) is 7.86. The molecule has 1 atom stereocenters. The van der Waals surface area contributed by atoms with Crippen LogP contribution in [-0.4, -0.2) is 22.5 Å². The van der Waals surface area contributed by atoms with Crippen molar-refractivity contribution in [3.8, 4) is 0 Å². The summed E-state index contributed by atoms with van der Waals surface area (Å²) in [7, 11) is 0. The van der Waals surface area contributed by atoms with E-state index in [1.165, 1.54) is 29.7 Å². The van der Waals surface area contributed by atoms with Gasteiger partial charge in [-0.1, -0.05) is 18.2 Å². The Labute approximate surface area is 153 Å². The van der Waals surface area contributed by atoms with Crippen LogP contribution in [0.5, 0.6) is 0 Å². The third-order valence-corrected chi connectivity index (χ3v) is 3.88. The summed E-state index contributed by atoms with van der Waals surface area (Å²) in [6, 6.07) is 12.2. The summed E-state index contributed by atoms with van der Waals surface area (Å²) in [6.07, 6.45) is -1.18. The summed E-state index contributed by atoms with van der Waals surface area (Å²) < 4.78 is 24.6. The van der Waals surface area contributed by atoms with Gasteiger partial charge in [0.1, 0.15) is 5.82 Å². The van der Waals surface area contributed by atoms with Crippen molar-refractivity contribution in [3.63, 3.8) is 0 Å². The van der Waals surface area contributed by atoms with Crippen LogP contribution in [0.25, 0.3) is 11.1 Å². The van der Waals surface area contributed by atoms with Crippen LogP contribution in [0.2, 0.25) is 0 Å². The van der Waals surface area contributed by atoms with Crippen molar-refractivity contribution in [2.24, 2.45) is 0 Å². The fourth-order valence-corrected chi connectivity index (χ4v) is 2.55. The molecular weight excluding hydrogens is 355 g/mol. The highest BCUT2D eigenvalue weighted by Gasteiger charge is 2.19. The molecule has 1 heterocycles. The van der Waals surface area contributed by atoms with Crippen LogP contribution in [0.15, 0.2) is 57.7 Å². The van der Waals surface area contributed by atoms with E-state index < -0.39 is 29.6 Å². The summed E-state index contributed by atoms with van der Waals surface area (Å²) in [4.78, 5) is 35.9. The van der Waals surface area contributed by atoms with Crippen molar-refractivity contribution >= 4 is 28.7 Å². The molecule has 0 aliphatic carbocycles. The number of ether oxygens (including phenoxy) is 1. The Hall–Kier alpha value is -3.42. The fraction of sp³-hybridized carbons (Fsp3) is 0.211. The molecule has 7 nitrogen and oxygen atoms in total.